The highest BCUT2D eigenvalue weighted by molar-refractivity contribution is 5.26. The molecule has 0 amide bonds. The van der Waals surface area contributed by atoms with Crippen LogP contribution in [0.1, 0.15) is 22.9 Å². The molecule has 9 heteroatoms. The molecule has 0 saturated carbocycles. The van der Waals surface area contributed by atoms with Crippen LogP contribution in [0.5, 0.6) is 0 Å². The van der Waals surface area contributed by atoms with Crippen LogP contribution in [0, 0.1) is 19.7 Å². The lowest BCUT2D eigenvalue weighted by molar-refractivity contribution is -0.0539. The van der Waals surface area contributed by atoms with Crippen LogP contribution >= 0.6 is 0 Å². The molecule has 28 heavy (non-hydrogen) atoms. The molecule has 1 aliphatic heterocycles. The molecule has 0 radical (unpaired) electrons. The van der Waals surface area contributed by atoms with Gasteiger partial charge in [-0.15, -0.1) is 0 Å². The Morgan fingerprint density at radius 2 is 1.96 bits per heavy atom. The average Bonchev–Trinajstić information content (AvgIpc) is 2.94. The summed E-state index contributed by atoms with van der Waals surface area (Å²) in [7, 11) is 0. The van der Waals surface area contributed by atoms with E-state index in [0.717, 1.165) is 20.3 Å². The number of aliphatic hydroxyl groups excluding tert-OH is 2. The normalized spacial score (nSPS) is 24.6. The molecular weight excluding hydrogens is 369 g/mol. The van der Waals surface area contributed by atoms with Crippen molar-refractivity contribution >= 4 is 0 Å². The molecule has 1 aromatic carbocycles. The molecule has 3 rings (SSSR count). The molecule has 152 valence electrons. The zero-order valence-corrected chi connectivity index (χ0v) is 15.7. The molecule has 1 saturated heterocycles. The van der Waals surface area contributed by atoms with E-state index in [-0.39, 0.29) is 12.4 Å². The van der Waals surface area contributed by atoms with E-state index < -0.39 is 42.3 Å². The predicted molar refractivity (Wildman–Crippen MR) is 99.5 cm³/mol. The number of aryl methyl sites for hydroxylation is 3. The quantitative estimate of drug-likeness (QED) is 0.635. The van der Waals surface area contributed by atoms with E-state index in [4.69, 9.17) is 10.5 Å². The van der Waals surface area contributed by atoms with Crippen LogP contribution in [-0.2, 0) is 17.7 Å². The second kappa shape index (κ2) is 7.96. The van der Waals surface area contributed by atoms with Crippen molar-refractivity contribution < 1.29 is 19.3 Å². The van der Waals surface area contributed by atoms with E-state index in [0.29, 0.717) is 12.0 Å². The molecule has 1 unspecified atom stereocenters. The van der Waals surface area contributed by atoms with Gasteiger partial charge < -0.3 is 20.7 Å². The van der Waals surface area contributed by atoms with Crippen LogP contribution in [-0.4, -0.2) is 44.2 Å². The lowest BCUT2D eigenvalue weighted by Crippen LogP contribution is -2.45. The summed E-state index contributed by atoms with van der Waals surface area (Å²) in [5.41, 5.74) is 6.58. The van der Waals surface area contributed by atoms with E-state index >= 15 is 0 Å². The van der Waals surface area contributed by atoms with Gasteiger partial charge in [0.05, 0.1) is 12.6 Å². The molecule has 1 aliphatic rings. The highest BCUT2D eigenvalue weighted by atomic mass is 19.1. The van der Waals surface area contributed by atoms with E-state index in [1.165, 1.54) is 18.3 Å². The first-order valence-corrected chi connectivity index (χ1v) is 9.02. The molecule has 4 N–H and O–H groups in total. The maximum Gasteiger partial charge on any atom is 0.333 e. The Labute approximate surface area is 160 Å². The second-order valence-corrected chi connectivity index (χ2v) is 7.10. The molecule has 1 aromatic heterocycles. The maximum atomic E-state index is 13.3. The Balaban J connectivity index is 1.94. The van der Waals surface area contributed by atoms with Gasteiger partial charge in [0, 0.05) is 18.3 Å². The van der Waals surface area contributed by atoms with Gasteiger partial charge in [0.15, 0.2) is 6.23 Å². The zero-order chi connectivity index (χ0) is 20.6. The SMILES string of the molecule is Cc1cc(F)ccc1CCn1c(=O)c(C)cn([C@@H]2O[C@H](CO)C(N)[C@@H]2O)c1=O. The van der Waals surface area contributed by atoms with Gasteiger partial charge in [0.25, 0.3) is 5.56 Å². The van der Waals surface area contributed by atoms with Gasteiger partial charge in [-0.3, -0.25) is 13.9 Å². The largest absolute Gasteiger partial charge is 0.394 e. The molecule has 2 aromatic rings. The fourth-order valence-electron chi connectivity index (χ4n) is 3.46. The predicted octanol–water partition coefficient (Wildman–Crippen LogP) is -0.413. The number of nitrogens with two attached hydrogens (primary N) is 1. The van der Waals surface area contributed by atoms with Crippen molar-refractivity contribution in [2.75, 3.05) is 6.61 Å². The van der Waals surface area contributed by atoms with Gasteiger partial charge >= 0.3 is 5.69 Å². The average molecular weight is 393 g/mol. The van der Waals surface area contributed by atoms with Gasteiger partial charge in [-0.2, -0.15) is 0 Å². The minimum absolute atomic E-state index is 0.0874. The summed E-state index contributed by atoms with van der Waals surface area (Å²) in [6.45, 7) is 3.01. The number of ether oxygens (including phenoxy) is 1. The molecule has 1 fully saturated rings. The number of halogens is 1. The summed E-state index contributed by atoms with van der Waals surface area (Å²) in [4.78, 5) is 25.4. The standard InChI is InChI=1S/C19H24FN3O5/c1-10-7-13(20)4-3-12(10)5-6-22-17(26)11(2)8-23(19(22)27)18-16(25)15(21)14(9-24)28-18/h3-4,7-8,14-16,18,24-25H,5-6,9,21H2,1-2H3/t14-,15?,16+,18-/m1/s1. The van der Waals surface area contributed by atoms with Crippen molar-refractivity contribution in [3.8, 4) is 0 Å². The smallest absolute Gasteiger partial charge is 0.333 e. The minimum atomic E-state index is -1.21. The lowest BCUT2D eigenvalue weighted by Gasteiger charge is -2.20. The number of aromatic nitrogens is 2. The van der Waals surface area contributed by atoms with Crippen molar-refractivity contribution in [2.45, 2.75) is 51.3 Å². The third-order valence-electron chi connectivity index (χ3n) is 5.16. The third-order valence-corrected chi connectivity index (χ3v) is 5.16. The van der Waals surface area contributed by atoms with E-state index in [2.05, 4.69) is 0 Å². The van der Waals surface area contributed by atoms with Gasteiger partial charge in [-0.1, -0.05) is 6.07 Å². The molecule has 0 spiro atoms. The summed E-state index contributed by atoms with van der Waals surface area (Å²) in [6, 6.07) is 3.49. The van der Waals surface area contributed by atoms with Crippen LogP contribution < -0.4 is 17.0 Å². The number of hydrogen-bond donors (Lipinski definition) is 3. The summed E-state index contributed by atoms with van der Waals surface area (Å²) in [6.07, 6.45) is -1.44. The third kappa shape index (κ3) is 3.66. The first kappa shape index (κ1) is 20.4. The first-order chi connectivity index (χ1) is 13.2. The molecule has 2 heterocycles. The van der Waals surface area contributed by atoms with Crippen LogP contribution in [0.2, 0.25) is 0 Å². The zero-order valence-electron chi connectivity index (χ0n) is 15.7. The Bertz CT molecular complexity index is 987. The highest BCUT2D eigenvalue weighted by Crippen LogP contribution is 2.26. The van der Waals surface area contributed by atoms with Crippen molar-refractivity contribution in [1.82, 2.24) is 9.13 Å². The molecule has 0 bridgehead atoms. The van der Waals surface area contributed by atoms with E-state index in [1.54, 1.807) is 19.9 Å². The molecule has 4 atom stereocenters. The fourth-order valence-corrected chi connectivity index (χ4v) is 3.46. The minimum Gasteiger partial charge on any atom is -0.394 e. The number of hydrogen-bond acceptors (Lipinski definition) is 6. The second-order valence-electron chi connectivity index (χ2n) is 7.10. The molecule has 0 aliphatic carbocycles. The van der Waals surface area contributed by atoms with Crippen molar-refractivity contribution in [3.63, 3.8) is 0 Å². The highest BCUT2D eigenvalue weighted by Gasteiger charge is 2.42. The Hall–Kier alpha value is -2.33. The number of benzene rings is 1. The van der Waals surface area contributed by atoms with Crippen LogP contribution in [0.25, 0.3) is 0 Å². The lowest BCUT2D eigenvalue weighted by atomic mass is 10.1. The fraction of sp³-hybridized carbons (Fsp3) is 0.474. The summed E-state index contributed by atoms with van der Waals surface area (Å²) in [5.74, 6) is -0.349. The number of rotatable bonds is 5. The Kier molecular flexibility index (Phi) is 5.80. The van der Waals surface area contributed by atoms with Crippen LogP contribution in [0.15, 0.2) is 34.0 Å². The Morgan fingerprint density at radius 3 is 2.57 bits per heavy atom. The van der Waals surface area contributed by atoms with E-state index in [9.17, 15) is 24.2 Å². The number of nitrogens with zero attached hydrogens (tertiary/aromatic N) is 2. The number of aliphatic hydroxyl groups is 2. The molecular formula is C19H24FN3O5. The van der Waals surface area contributed by atoms with Crippen molar-refractivity contribution in [2.24, 2.45) is 5.73 Å². The van der Waals surface area contributed by atoms with Crippen molar-refractivity contribution in [3.05, 3.63) is 67.7 Å². The van der Waals surface area contributed by atoms with Crippen molar-refractivity contribution in [1.29, 1.82) is 0 Å². The Morgan fingerprint density at radius 1 is 1.25 bits per heavy atom. The topological polar surface area (TPSA) is 120 Å². The van der Waals surface area contributed by atoms with Crippen LogP contribution in [0.4, 0.5) is 4.39 Å². The summed E-state index contributed by atoms with van der Waals surface area (Å²) >= 11 is 0. The van der Waals surface area contributed by atoms with Gasteiger partial charge in [-0.25, -0.2) is 9.18 Å². The van der Waals surface area contributed by atoms with Crippen LogP contribution in [0.3, 0.4) is 0 Å². The first-order valence-electron chi connectivity index (χ1n) is 9.02. The van der Waals surface area contributed by atoms with Gasteiger partial charge in [0.2, 0.25) is 0 Å². The van der Waals surface area contributed by atoms with Gasteiger partial charge in [0.1, 0.15) is 18.0 Å². The van der Waals surface area contributed by atoms with E-state index in [1.807, 2.05) is 0 Å². The maximum absolute atomic E-state index is 13.3. The summed E-state index contributed by atoms with van der Waals surface area (Å²) in [5, 5.41) is 19.6. The molecule has 8 nitrogen and oxygen atoms in total. The monoisotopic (exact) mass is 393 g/mol. The van der Waals surface area contributed by atoms with Gasteiger partial charge in [-0.05, 0) is 43.5 Å². The summed E-state index contributed by atoms with van der Waals surface area (Å²) < 4.78 is 21.0.